The molecule has 1 heterocycles. The van der Waals surface area contributed by atoms with Crippen LogP contribution in [0.15, 0.2) is 17.4 Å². The van der Waals surface area contributed by atoms with Crippen LogP contribution < -0.4 is 0 Å². The van der Waals surface area contributed by atoms with Crippen molar-refractivity contribution in [3.8, 4) is 0 Å². The van der Waals surface area contributed by atoms with Crippen molar-refractivity contribution in [2.75, 3.05) is 6.54 Å². The Balaban J connectivity index is 2.36. The Morgan fingerprint density at radius 1 is 0.429 bits per heavy atom. The number of hydrogen-bond donors (Lipinski definition) is 0. The average Bonchev–Trinajstić information content (AvgIpc) is 3.53. The first-order chi connectivity index (χ1) is 24.2. The monoisotopic (exact) mass is 686 g/mol. The van der Waals surface area contributed by atoms with E-state index in [0.29, 0.717) is 10.4 Å². The largest absolute Gasteiger partial charge is 0.324 e. The molecule has 0 fully saturated rings. The van der Waals surface area contributed by atoms with Gasteiger partial charge in [0.15, 0.2) is 0 Å². The highest BCUT2D eigenvalue weighted by Gasteiger charge is 2.41. The molecule has 0 saturated carbocycles. The van der Waals surface area contributed by atoms with E-state index >= 15 is 0 Å². The quantitative estimate of drug-likeness (QED) is 0.0468. The lowest BCUT2D eigenvalue weighted by atomic mass is 10.0. The fourth-order valence-electron chi connectivity index (χ4n) is 7.88. The summed E-state index contributed by atoms with van der Waals surface area (Å²) in [4.78, 5) is 18.8. The molecule has 1 unspecified atom stereocenters. The number of unbranched alkanes of at least 4 members (excludes halogenated alkanes) is 33. The molecule has 3 heteroatoms. The number of amides is 1. The van der Waals surface area contributed by atoms with Crippen LogP contribution >= 0.6 is 0 Å². The maximum Gasteiger partial charge on any atom is 0.324 e. The van der Waals surface area contributed by atoms with E-state index in [1.165, 1.54) is 218 Å². The third kappa shape index (κ3) is 25.6. The lowest BCUT2D eigenvalue weighted by Gasteiger charge is -2.30. The number of hydrogen-bond acceptors (Lipinski definition) is 2. The van der Waals surface area contributed by atoms with Crippen molar-refractivity contribution < 1.29 is 9.28 Å². The topological polar surface area (TPSA) is 29.4 Å². The molecule has 0 saturated heterocycles. The molecular weight excluding hydrogens is 597 g/mol. The van der Waals surface area contributed by atoms with Crippen LogP contribution in [0.4, 0.5) is 0 Å². The SMILES string of the molecule is CCCCCCCCCCCCCCCC[N+]1(C(=O)CCCCCCCCCCC)C=CN=C1CCCCCCCCCCCCCCC. The second-order valence-corrected chi connectivity index (χ2v) is 16.0. The number of amidine groups is 1. The molecule has 0 aromatic rings. The normalized spacial score (nSPS) is 15.8. The van der Waals surface area contributed by atoms with Crippen molar-refractivity contribution in [1.82, 2.24) is 0 Å². The molecule has 49 heavy (non-hydrogen) atoms. The van der Waals surface area contributed by atoms with Gasteiger partial charge in [-0.3, -0.25) is 0 Å². The van der Waals surface area contributed by atoms with Crippen molar-refractivity contribution >= 4 is 11.7 Å². The van der Waals surface area contributed by atoms with E-state index in [2.05, 4.69) is 27.0 Å². The van der Waals surface area contributed by atoms with Crippen molar-refractivity contribution in [1.29, 1.82) is 0 Å². The molecule has 1 aliphatic rings. The average molecular weight is 686 g/mol. The second kappa shape index (κ2) is 35.4. The number of carbonyl (C=O) groups is 1. The summed E-state index contributed by atoms with van der Waals surface area (Å²) >= 11 is 0. The highest BCUT2D eigenvalue weighted by Crippen LogP contribution is 2.26. The molecule has 1 rings (SSSR count). The Labute approximate surface area is 308 Å². The van der Waals surface area contributed by atoms with Crippen molar-refractivity contribution in [3.63, 3.8) is 0 Å². The van der Waals surface area contributed by atoms with E-state index in [4.69, 9.17) is 4.99 Å². The van der Waals surface area contributed by atoms with Gasteiger partial charge in [0, 0.05) is 6.42 Å². The Morgan fingerprint density at radius 3 is 1.10 bits per heavy atom. The summed E-state index contributed by atoms with van der Waals surface area (Å²) in [6, 6.07) is 0. The number of nitrogens with zero attached hydrogens (tertiary/aromatic N) is 2. The lowest BCUT2D eigenvalue weighted by molar-refractivity contribution is -0.708. The maximum absolute atomic E-state index is 13.9. The first kappa shape index (κ1) is 46.1. The third-order valence-corrected chi connectivity index (χ3v) is 11.3. The van der Waals surface area contributed by atoms with E-state index in [0.717, 1.165) is 38.1 Å². The minimum atomic E-state index is 0.417. The zero-order chi connectivity index (χ0) is 35.4. The molecule has 0 aromatic heterocycles. The van der Waals surface area contributed by atoms with Gasteiger partial charge in [-0.2, -0.15) is 4.48 Å². The summed E-state index contributed by atoms with van der Waals surface area (Å²) in [5, 5.41) is 0. The summed E-state index contributed by atoms with van der Waals surface area (Å²) in [6.45, 7) is 7.82. The van der Waals surface area contributed by atoms with Crippen LogP contribution in [0, 0.1) is 0 Å². The van der Waals surface area contributed by atoms with Gasteiger partial charge in [0.05, 0.1) is 19.2 Å². The van der Waals surface area contributed by atoms with Gasteiger partial charge in [0.1, 0.15) is 6.20 Å². The van der Waals surface area contributed by atoms with Crippen LogP contribution in [0.3, 0.4) is 0 Å². The van der Waals surface area contributed by atoms with Gasteiger partial charge in [-0.1, -0.05) is 226 Å². The Morgan fingerprint density at radius 2 is 0.735 bits per heavy atom. The van der Waals surface area contributed by atoms with Crippen LogP contribution in [0.2, 0.25) is 0 Å². The van der Waals surface area contributed by atoms with Gasteiger partial charge < -0.3 is 0 Å². The maximum atomic E-state index is 13.9. The molecule has 0 N–H and O–H groups in total. The highest BCUT2D eigenvalue weighted by molar-refractivity contribution is 5.90. The van der Waals surface area contributed by atoms with Crippen molar-refractivity contribution in [2.24, 2.45) is 4.99 Å². The zero-order valence-corrected chi connectivity index (χ0v) is 34.0. The lowest BCUT2D eigenvalue weighted by Crippen LogP contribution is -2.52. The van der Waals surface area contributed by atoms with E-state index < -0.39 is 0 Å². The van der Waals surface area contributed by atoms with Crippen molar-refractivity contribution in [3.05, 3.63) is 12.4 Å². The third-order valence-electron chi connectivity index (χ3n) is 11.3. The van der Waals surface area contributed by atoms with Crippen LogP contribution in [0.25, 0.3) is 0 Å². The van der Waals surface area contributed by atoms with E-state index in [9.17, 15) is 4.79 Å². The van der Waals surface area contributed by atoms with Crippen LogP contribution in [-0.2, 0) is 4.79 Å². The standard InChI is InChI=1S/C46H89N2O/c1-4-7-10-13-16-19-21-23-25-27-30-33-36-39-43-48(46(49)41-38-35-32-28-18-15-12-9-6-3)44-42-47-45(48)40-37-34-31-29-26-24-22-20-17-14-11-8-5-2/h42,44H,4-41,43H2,1-3H3/q+1. The van der Waals surface area contributed by atoms with Gasteiger partial charge in [0.25, 0.3) is 0 Å². The van der Waals surface area contributed by atoms with E-state index in [1.54, 1.807) is 0 Å². The highest BCUT2D eigenvalue weighted by atomic mass is 16.2. The van der Waals surface area contributed by atoms with Gasteiger partial charge in [-0.05, 0) is 25.7 Å². The van der Waals surface area contributed by atoms with Gasteiger partial charge >= 0.3 is 5.91 Å². The molecule has 1 amide bonds. The number of quaternary nitrogens is 1. The molecule has 1 atom stereocenters. The van der Waals surface area contributed by atoms with Gasteiger partial charge in [-0.15, -0.1) is 0 Å². The fraction of sp³-hybridized carbons (Fsp3) is 0.913. The zero-order valence-electron chi connectivity index (χ0n) is 34.0. The minimum Gasteiger partial charge on any atom is -0.230 e. The molecule has 0 radical (unpaired) electrons. The Kier molecular flexibility index (Phi) is 33.3. The number of aliphatic imine (C=N–C) groups is 1. The van der Waals surface area contributed by atoms with Crippen LogP contribution in [0.1, 0.15) is 265 Å². The fourth-order valence-corrected chi connectivity index (χ4v) is 7.88. The molecule has 0 aromatic carbocycles. The smallest absolute Gasteiger partial charge is 0.230 e. The summed E-state index contributed by atoms with van der Waals surface area (Å²) in [5.41, 5.74) is 0. The Bertz CT molecular complexity index is 773. The summed E-state index contributed by atoms with van der Waals surface area (Å²) < 4.78 is 0.452. The summed E-state index contributed by atoms with van der Waals surface area (Å²) in [5.74, 6) is 1.57. The first-order valence-electron chi connectivity index (χ1n) is 22.9. The first-order valence-corrected chi connectivity index (χ1v) is 22.9. The molecule has 3 nitrogen and oxygen atoms in total. The predicted molar refractivity (Wildman–Crippen MR) is 219 cm³/mol. The number of rotatable bonds is 39. The molecule has 1 aliphatic heterocycles. The summed E-state index contributed by atoms with van der Waals surface area (Å²) in [7, 11) is 0. The summed E-state index contributed by atoms with van der Waals surface area (Å²) in [6.07, 6.45) is 54.7. The number of carbonyl (C=O) groups excluding carboxylic acids is 1. The van der Waals surface area contributed by atoms with Crippen LogP contribution in [0.5, 0.6) is 0 Å². The predicted octanol–water partition coefficient (Wildman–Crippen LogP) is 16.1. The minimum absolute atomic E-state index is 0.417. The van der Waals surface area contributed by atoms with Gasteiger partial charge in [-0.25, -0.2) is 9.79 Å². The van der Waals surface area contributed by atoms with E-state index in [1.807, 2.05) is 6.20 Å². The van der Waals surface area contributed by atoms with Crippen molar-refractivity contribution in [2.45, 2.75) is 265 Å². The van der Waals surface area contributed by atoms with E-state index in [-0.39, 0.29) is 0 Å². The van der Waals surface area contributed by atoms with Crippen LogP contribution in [-0.4, -0.2) is 22.8 Å². The Hall–Kier alpha value is -0.960. The molecule has 288 valence electrons. The molecule has 0 aliphatic carbocycles. The second-order valence-electron chi connectivity index (χ2n) is 16.0. The molecule has 0 bridgehead atoms. The van der Waals surface area contributed by atoms with Gasteiger partial charge in [0.2, 0.25) is 5.84 Å². The molecule has 0 spiro atoms. The molecular formula is C46H89N2O+.